The number of nitrogens with two attached hydrogens (primary N) is 1. The van der Waals surface area contributed by atoms with Gasteiger partial charge < -0.3 is 11.1 Å². The van der Waals surface area contributed by atoms with Crippen LogP contribution in [0.4, 0.5) is 5.69 Å². The Morgan fingerprint density at radius 2 is 2.22 bits per heavy atom. The van der Waals surface area contributed by atoms with Crippen LogP contribution >= 0.6 is 0 Å². The maximum atomic E-state index is 11.6. The Kier molecular flexibility index (Phi) is 5.96. The van der Waals surface area contributed by atoms with Crippen LogP contribution in [0, 0.1) is 18.8 Å². The Labute approximate surface area is 109 Å². The van der Waals surface area contributed by atoms with Gasteiger partial charge >= 0.3 is 0 Å². The molecule has 0 saturated heterocycles. The number of hydrogen-bond acceptors (Lipinski definition) is 2. The molecule has 0 aromatic heterocycles. The molecule has 0 spiro atoms. The number of carbonyl (C=O) groups excluding carboxylic acids is 1. The van der Waals surface area contributed by atoms with Gasteiger partial charge in [-0.15, -0.1) is 0 Å². The van der Waals surface area contributed by atoms with E-state index in [2.05, 4.69) is 24.1 Å². The van der Waals surface area contributed by atoms with Crippen molar-refractivity contribution in [1.29, 1.82) is 0 Å². The Hall–Kier alpha value is -1.79. The molecule has 0 aliphatic rings. The van der Waals surface area contributed by atoms with Crippen molar-refractivity contribution in [2.75, 3.05) is 11.9 Å². The largest absolute Gasteiger partial charge is 0.326 e. The highest BCUT2D eigenvalue weighted by molar-refractivity contribution is 5.91. The molecule has 1 amide bonds. The average Bonchev–Trinajstić information content (AvgIpc) is 2.36. The zero-order valence-electron chi connectivity index (χ0n) is 11.0. The van der Waals surface area contributed by atoms with Crippen LogP contribution in [-0.4, -0.2) is 12.5 Å². The third-order valence-corrected chi connectivity index (χ3v) is 2.59. The van der Waals surface area contributed by atoms with Gasteiger partial charge in [0.15, 0.2) is 0 Å². The molecule has 1 aromatic carbocycles. The predicted octanol–water partition coefficient (Wildman–Crippen LogP) is 2.43. The third-order valence-electron chi connectivity index (χ3n) is 2.59. The van der Waals surface area contributed by atoms with Gasteiger partial charge in [-0.25, -0.2) is 0 Å². The number of hydrogen-bond donors (Lipinski definition) is 2. The minimum absolute atomic E-state index is 0.0701. The van der Waals surface area contributed by atoms with E-state index in [1.807, 2.05) is 25.1 Å². The maximum Gasteiger partial charge on any atom is 0.224 e. The standard InChI is InChI=1S/C15H20N2O/c1-3-4-7-15(18)17-14-9-8-13(6-5-10-16)11-12(14)2/h8-9,11H,3-4,7,10,16H2,1-2H3,(H,17,18). The smallest absolute Gasteiger partial charge is 0.224 e. The first-order valence-electron chi connectivity index (χ1n) is 6.26. The molecule has 0 heterocycles. The van der Waals surface area contributed by atoms with E-state index in [1.165, 1.54) is 0 Å². The van der Waals surface area contributed by atoms with E-state index < -0.39 is 0 Å². The molecule has 0 aliphatic carbocycles. The summed E-state index contributed by atoms with van der Waals surface area (Å²) in [7, 11) is 0. The van der Waals surface area contributed by atoms with E-state index >= 15 is 0 Å². The quantitative estimate of drug-likeness (QED) is 0.799. The van der Waals surface area contributed by atoms with Crippen molar-refractivity contribution in [2.24, 2.45) is 5.73 Å². The summed E-state index contributed by atoms with van der Waals surface area (Å²) in [6.45, 7) is 4.39. The fourth-order valence-electron chi connectivity index (χ4n) is 1.58. The summed E-state index contributed by atoms with van der Waals surface area (Å²) in [6, 6.07) is 5.74. The SMILES string of the molecule is CCCCC(=O)Nc1ccc(C#CCN)cc1C. The molecular formula is C15H20N2O. The van der Waals surface area contributed by atoms with Gasteiger partial charge in [-0.2, -0.15) is 0 Å². The van der Waals surface area contributed by atoms with Gasteiger partial charge in [0.25, 0.3) is 0 Å². The molecular weight excluding hydrogens is 224 g/mol. The van der Waals surface area contributed by atoms with Gasteiger partial charge in [-0.3, -0.25) is 4.79 Å². The van der Waals surface area contributed by atoms with Crippen LogP contribution in [0.2, 0.25) is 0 Å². The van der Waals surface area contributed by atoms with Crippen LogP contribution in [0.3, 0.4) is 0 Å². The molecule has 18 heavy (non-hydrogen) atoms. The van der Waals surface area contributed by atoms with E-state index in [0.29, 0.717) is 13.0 Å². The Bertz CT molecular complexity index is 469. The van der Waals surface area contributed by atoms with E-state index in [1.54, 1.807) is 0 Å². The molecule has 0 unspecified atom stereocenters. The van der Waals surface area contributed by atoms with Gasteiger partial charge in [0, 0.05) is 17.7 Å². The van der Waals surface area contributed by atoms with Gasteiger partial charge in [0.05, 0.1) is 6.54 Å². The second kappa shape index (κ2) is 7.52. The number of unbranched alkanes of at least 4 members (excludes halogenated alkanes) is 1. The number of anilines is 1. The molecule has 3 N–H and O–H groups in total. The van der Waals surface area contributed by atoms with E-state index in [4.69, 9.17) is 5.73 Å². The van der Waals surface area contributed by atoms with Crippen LogP contribution < -0.4 is 11.1 Å². The summed E-state index contributed by atoms with van der Waals surface area (Å²) >= 11 is 0. The Morgan fingerprint density at radius 3 is 2.83 bits per heavy atom. The van der Waals surface area contributed by atoms with E-state index in [0.717, 1.165) is 29.7 Å². The third kappa shape index (κ3) is 4.60. The molecule has 0 atom stereocenters. The lowest BCUT2D eigenvalue weighted by Crippen LogP contribution is -2.11. The van der Waals surface area contributed by atoms with Crippen molar-refractivity contribution >= 4 is 11.6 Å². The molecule has 96 valence electrons. The molecule has 0 aliphatic heterocycles. The number of carbonyl (C=O) groups is 1. The first-order chi connectivity index (χ1) is 8.67. The predicted molar refractivity (Wildman–Crippen MR) is 75.3 cm³/mol. The molecule has 1 aromatic rings. The Morgan fingerprint density at radius 1 is 1.44 bits per heavy atom. The van der Waals surface area contributed by atoms with Crippen LogP contribution in [0.5, 0.6) is 0 Å². The van der Waals surface area contributed by atoms with E-state index in [9.17, 15) is 4.79 Å². The van der Waals surface area contributed by atoms with Crippen molar-refractivity contribution in [2.45, 2.75) is 33.1 Å². The molecule has 3 nitrogen and oxygen atoms in total. The minimum Gasteiger partial charge on any atom is -0.326 e. The molecule has 0 saturated carbocycles. The van der Waals surface area contributed by atoms with Crippen molar-refractivity contribution < 1.29 is 4.79 Å². The van der Waals surface area contributed by atoms with Crippen molar-refractivity contribution in [1.82, 2.24) is 0 Å². The monoisotopic (exact) mass is 244 g/mol. The van der Waals surface area contributed by atoms with Gasteiger partial charge in [-0.1, -0.05) is 25.2 Å². The summed E-state index contributed by atoms with van der Waals surface area (Å²) in [5.41, 5.74) is 8.12. The zero-order valence-corrected chi connectivity index (χ0v) is 11.0. The second-order valence-corrected chi connectivity index (χ2v) is 4.19. The summed E-state index contributed by atoms with van der Waals surface area (Å²) in [5, 5.41) is 2.92. The second-order valence-electron chi connectivity index (χ2n) is 4.19. The summed E-state index contributed by atoms with van der Waals surface area (Å²) in [5.74, 6) is 5.85. The van der Waals surface area contributed by atoms with Crippen molar-refractivity contribution in [3.63, 3.8) is 0 Å². The fraction of sp³-hybridized carbons (Fsp3) is 0.400. The van der Waals surface area contributed by atoms with Crippen LogP contribution in [-0.2, 0) is 4.79 Å². The molecule has 1 rings (SSSR count). The molecule has 0 fully saturated rings. The molecule has 0 radical (unpaired) electrons. The minimum atomic E-state index is 0.0701. The average molecular weight is 244 g/mol. The van der Waals surface area contributed by atoms with Crippen LogP contribution in [0.25, 0.3) is 0 Å². The highest BCUT2D eigenvalue weighted by Gasteiger charge is 2.04. The van der Waals surface area contributed by atoms with Gasteiger partial charge in [0.1, 0.15) is 0 Å². The number of amides is 1. The normalized spacial score (nSPS) is 9.50. The van der Waals surface area contributed by atoms with Gasteiger partial charge in [0.2, 0.25) is 5.91 Å². The number of rotatable bonds is 4. The molecule has 3 heteroatoms. The van der Waals surface area contributed by atoms with Crippen LogP contribution in [0.1, 0.15) is 37.3 Å². The summed E-state index contributed by atoms with van der Waals surface area (Å²) in [4.78, 5) is 11.6. The molecule has 0 bridgehead atoms. The van der Waals surface area contributed by atoms with Crippen LogP contribution in [0.15, 0.2) is 18.2 Å². The van der Waals surface area contributed by atoms with Crippen molar-refractivity contribution in [3.8, 4) is 11.8 Å². The van der Waals surface area contributed by atoms with E-state index in [-0.39, 0.29) is 5.91 Å². The van der Waals surface area contributed by atoms with Crippen molar-refractivity contribution in [3.05, 3.63) is 29.3 Å². The Balaban J connectivity index is 2.70. The topological polar surface area (TPSA) is 55.1 Å². The lowest BCUT2D eigenvalue weighted by molar-refractivity contribution is -0.116. The first kappa shape index (κ1) is 14.3. The number of nitrogens with one attached hydrogen (secondary N) is 1. The highest BCUT2D eigenvalue weighted by atomic mass is 16.1. The lowest BCUT2D eigenvalue weighted by Gasteiger charge is -2.08. The first-order valence-corrected chi connectivity index (χ1v) is 6.26. The number of aryl methyl sites for hydroxylation is 1. The number of benzene rings is 1. The maximum absolute atomic E-state index is 11.6. The lowest BCUT2D eigenvalue weighted by atomic mass is 10.1. The summed E-state index contributed by atoms with van der Waals surface area (Å²) in [6.07, 6.45) is 2.52. The summed E-state index contributed by atoms with van der Waals surface area (Å²) < 4.78 is 0. The fourth-order valence-corrected chi connectivity index (χ4v) is 1.58. The van der Waals surface area contributed by atoms with Gasteiger partial charge in [-0.05, 0) is 37.1 Å². The highest BCUT2D eigenvalue weighted by Crippen LogP contribution is 2.16. The zero-order chi connectivity index (χ0) is 13.4.